The highest BCUT2D eigenvalue weighted by Gasteiger charge is 2.31. The molecule has 0 radical (unpaired) electrons. The molecule has 1 N–H and O–H groups in total. The van der Waals surface area contributed by atoms with Crippen molar-refractivity contribution in [1.82, 2.24) is 0 Å². The summed E-state index contributed by atoms with van der Waals surface area (Å²) in [6.45, 7) is 5.78. The minimum absolute atomic E-state index is 0.0544. The van der Waals surface area contributed by atoms with Gasteiger partial charge in [0.15, 0.2) is 5.17 Å². The Balaban J connectivity index is 1.73. The van der Waals surface area contributed by atoms with Gasteiger partial charge >= 0.3 is 0 Å². The van der Waals surface area contributed by atoms with E-state index < -0.39 is 5.25 Å². The van der Waals surface area contributed by atoms with Crippen LogP contribution in [0.5, 0.6) is 0 Å². The van der Waals surface area contributed by atoms with Crippen LogP contribution in [0.1, 0.15) is 18.1 Å². The van der Waals surface area contributed by atoms with E-state index in [0.717, 1.165) is 16.8 Å². The second kappa shape index (κ2) is 8.15. The van der Waals surface area contributed by atoms with Crippen molar-refractivity contribution in [3.8, 4) is 0 Å². The predicted octanol–water partition coefficient (Wildman–Crippen LogP) is 4.42. The van der Waals surface area contributed by atoms with Gasteiger partial charge in [-0.05, 0) is 50.1 Å². The van der Waals surface area contributed by atoms with Crippen LogP contribution in [0.2, 0.25) is 5.02 Å². The number of rotatable bonds is 4. The van der Waals surface area contributed by atoms with E-state index >= 15 is 0 Å². The van der Waals surface area contributed by atoms with Crippen molar-refractivity contribution in [3.05, 3.63) is 58.6 Å². The number of hydrogen-bond acceptors (Lipinski definition) is 4. The molecule has 1 aliphatic rings. The zero-order chi connectivity index (χ0) is 19.6. The summed E-state index contributed by atoms with van der Waals surface area (Å²) in [5.41, 5.74) is 3.44. The smallest absolute Gasteiger partial charge is 0.254 e. The maximum absolute atomic E-state index is 12.6. The first-order valence-corrected chi connectivity index (χ1v) is 9.79. The molecular formula is C20H20ClN3O2S. The summed E-state index contributed by atoms with van der Waals surface area (Å²) in [5, 5.41) is 3.48. The summed E-state index contributed by atoms with van der Waals surface area (Å²) in [6.07, 6.45) is 0. The van der Waals surface area contributed by atoms with Crippen LogP contribution in [0, 0.1) is 13.8 Å². The molecule has 2 amide bonds. The van der Waals surface area contributed by atoms with Gasteiger partial charge in [-0.3, -0.25) is 19.5 Å². The molecule has 2 aromatic carbocycles. The van der Waals surface area contributed by atoms with Crippen molar-refractivity contribution in [2.45, 2.75) is 26.0 Å². The summed E-state index contributed by atoms with van der Waals surface area (Å²) in [7, 11) is 0. The van der Waals surface area contributed by atoms with Crippen molar-refractivity contribution < 1.29 is 9.59 Å². The first-order chi connectivity index (χ1) is 12.9. The minimum Gasteiger partial charge on any atom is -0.325 e. The molecule has 0 bridgehead atoms. The molecule has 0 unspecified atom stereocenters. The zero-order valence-electron chi connectivity index (χ0n) is 15.3. The van der Waals surface area contributed by atoms with Gasteiger partial charge in [0.25, 0.3) is 5.91 Å². The third-order valence-electron chi connectivity index (χ3n) is 4.19. The van der Waals surface area contributed by atoms with Crippen LogP contribution in [-0.2, 0) is 9.59 Å². The molecule has 0 spiro atoms. The average Bonchev–Trinajstić information content (AvgIpc) is 2.98. The number of nitrogens with zero attached hydrogens (tertiary/aromatic N) is 2. The Morgan fingerprint density at radius 1 is 1.26 bits per heavy atom. The topological polar surface area (TPSA) is 61.8 Å². The van der Waals surface area contributed by atoms with Gasteiger partial charge in [-0.25, -0.2) is 0 Å². The highest BCUT2D eigenvalue weighted by atomic mass is 35.5. The summed E-state index contributed by atoms with van der Waals surface area (Å²) >= 11 is 7.48. The number of aliphatic imine (C=N–C) groups is 1. The minimum atomic E-state index is -0.431. The van der Waals surface area contributed by atoms with Gasteiger partial charge in [-0.2, -0.15) is 0 Å². The molecule has 3 rings (SSSR count). The number of amides is 2. The molecule has 5 nitrogen and oxygen atoms in total. The number of benzene rings is 2. The third-order valence-corrected chi connectivity index (χ3v) is 5.60. The van der Waals surface area contributed by atoms with E-state index in [1.165, 1.54) is 16.7 Å². The number of amidine groups is 1. The molecule has 1 atom stereocenters. The first kappa shape index (κ1) is 19.5. The van der Waals surface area contributed by atoms with Crippen LogP contribution in [0.15, 0.2) is 47.5 Å². The lowest BCUT2D eigenvalue weighted by Crippen LogP contribution is -2.33. The summed E-state index contributed by atoms with van der Waals surface area (Å²) in [5.74, 6) is -0.303. The molecule has 27 heavy (non-hydrogen) atoms. The SMILES string of the molecule is Cc1ccc(C)c(NC(=O)[C@H](C)SC2=NCC(=O)N2c2ccccc2Cl)c1. The highest BCUT2D eigenvalue weighted by Crippen LogP contribution is 2.32. The molecule has 0 aliphatic carbocycles. The maximum atomic E-state index is 12.6. The number of aryl methyl sites for hydroxylation is 2. The first-order valence-electron chi connectivity index (χ1n) is 8.53. The van der Waals surface area contributed by atoms with Gasteiger partial charge < -0.3 is 5.32 Å². The quantitative estimate of drug-likeness (QED) is 0.824. The summed E-state index contributed by atoms with van der Waals surface area (Å²) in [6, 6.07) is 13.0. The summed E-state index contributed by atoms with van der Waals surface area (Å²) in [4.78, 5) is 30.7. The van der Waals surface area contributed by atoms with Gasteiger partial charge in [-0.15, -0.1) is 0 Å². The molecule has 1 aliphatic heterocycles. The Kier molecular flexibility index (Phi) is 5.87. The lowest BCUT2D eigenvalue weighted by Gasteiger charge is -2.21. The normalized spacial score (nSPS) is 14.9. The largest absolute Gasteiger partial charge is 0.325 e. The summed E-state index contributed by atoms with van der Waals surface area (Å²) < 4.78 is 0. The standard InChI is InChI=1S/C20H20ClN3O2S/c1-12-8-9-13(2)16(10-12)23-19(26)14(3)27-20-22-11-18(25)24(20)17-7-5-4-6-15(17)21/h4-10,14H,11H2,1-3H3,(H,23,26)/t14-/m0/s1. The number of anilines is 2. The van der Waals surface area contributed by atoms with Crippen molar-refractivity contribution in [1.29, 1.82) is 0 Å². The van der Waals surface area contributed by atoms with Crippen LogP contribution in [0.25, 0.3) is 0 Å². The van der Waals surface area contributed by atoms with Crippen LogP contribution in [0.4, 0.5) is 11.4 Å². The predicted molar refractivity (Wildman–Crippen MR) is 113 cm³/mol. The molecule has 0 fully saturated rings. The molecule has 7 heteroatoms. The van der Waals surface area contributed by atoms with E-state index in [4.69, 9.17) is 11.6 Å². The Morgan fingerprint density at radius 3 is 2.74 bits per heavy atom. The van der Waals surface area contributed by atoms with Crippen molar-refractivity contribution in [3.63, 3.8) is 0 Å². The lowest BCUT2D eigenvalue weighted by atomic mass is 10.1. The van der Waals surface area contributed by atoms with Gasteiger partial charge in [-0.1, -0.05) is 47.6 Å². The van der Waals surface area contributed by atoms with Crippen molar-refractivity contribution in [2.75, 3.05) is 16.8 Å². The maximum Gasteiger partial charge on any atom is 0.254 e. The van der Waals surface area contributed by atoms with E-state index in [1.807, 2.05) is 38.1 Å². The van der Waals surface area contributed by atoms with E-state index in [-0.39, 0.29) is 18.4 Å². The van der Waals surface area contributed by atoms with Gasteiger partial charge in [0.05, 0.1) is 16.0 Å². The van der Waals surface area contributed by atoms with Crippen molar-refractivity contribution >= 4 is 51.7 Å². The molecular weight excluding hydrogens is 382 g/mol. The Bertz CT molecular complexity index is 929. The monoisotopic (exact) mass is 401 g/mol. The van der Waals surface area contributed by atoms with Crippen LogP contribution in [-0.4, -0.2) is 28.8 Å². The third kappa shape index (κ3) is 4.34. The van der Waals surface area contributed by atoms with E-state index in [2.05, 4.69) is 10.3 Å². The van der Waals surface area contributed by atoms with Gasteiger partial charge in [0.1, 0.15) is 6.54 Å². The number of carbonyl (C=O) groups is 2. The average molecular weight is 402 g/mol. The second-order valence-corrected chi connectivity index (χ2v) is 8.06. The molecule has 0 aromatic heterocycles. The molecule has 0 saturated heterocycles. The second-order valence-electron chi connectivity index (χ2n) is 6.35. The molecule has 1 heterocycles. The molecule has 140 valence electrons. The van der Waals surface area contributed by atoms with Crippen LogP contribution >= 0.6 is 23.4 Å². The Morgan fingerprint density at radius 2 is 2.00 bits per heavy atom. The van der Waals surface area contributed by atoms with Crippen molar-refractivity contribution in [2.24, 2.45) is 4.99 Å². The zero-order valence-corrected chi connectivity index (χ0v) is 16.9. The fraction of sp³-hybridized carbons (Fsp3) is 0.250. The van der Waals surface area contributed by atoms with E-state index in [9.17, 15) is 9.59 Å². The van der Waals surface area contributed by atoms with Gasteiger partial charge in [0.2, 0.25) is 5.91 Å². The van der Waals surface area contributed by atoms with Crippen LogP contribution in [0.3, 0.4) is 0 Å². The van der Waals surface area contributed by atoms with E-state index in [1.54, 1.807) is 25.1 Å². The molecule has 2 aromatic rings. The molecule has 0 saturated carbocycles. The van der Waals surface area contributed by atoms with Crippen LogP contribution < -0.4 is 10.2 Å². The number of carbonyl (C=O) groups excluding carboxylic acids is 2. The number of thioether (sulfide) groups is 1. The van der Waals surface area contributed by atoms with E-state index in [0.29, 0.717) is 15.9 Å². The highest BCUT2D eigenvalue weighted by molar-refractivity contribution is 8.15. The van der Waals surface area contributed by atoms with Gasteiger partial charge in [0, 0.05) is 5.69 Å². The number of nitrogens with one attached hydrogen (secondary N) is 1. The number of para-hydroxylation sites is 1. The number of halogens is 1. The lowest BCUT2D eigenvalue weighted by molar-refractivity contribution is -0.116. The fourth-order valence-electron chi connectivity index (χ4n) is 2.66. The fourth-order valence-corrected chi connectivity index (χ4v) is 3.81. The Hall–Kier alpha value is -2.31. The Labute approximate surface area is 167 Å². The number of hydrogen-bond donors (Lipinski definition) is 1.